The first-order chi connectivity index (χ1) is 3.31. The van der Waals surface area contributed by atoms with Crippen LogP contribution in [-0.2, 0) is 4.74 Å². The molecule has 0 aromatic heterocycles. The van der Waals surface area contributed by atoms with E-state index in [9.17, 15) is 0 Å². The lowest BCUT2D eigenvalue weighted by molar-refractivity contribution is -0.432. The maximum atomic E-state index is 5.00. The summed E-state index contributed by atoms with van der Waals surface area (Å²) in [4.78, 5) is 2.86. The van der Waals surface area contributed by atoms with Crippen LogP contribution in [0.5, 0.6) is 0 Å². The lowest BCUT2D eigenvalue weighted by atomic mass is 10.7. The SMILES string of the molecule is CCOC(C)=[NH+]C. The third-order valence-electron chi connectivity index (χ3n) is 0.713. The van der Waals surface area contributed by atoms with Gasteiger partial charge in [0.1, 0.15) is 7.05 Å². The standard InChI is InChI=1S/C5H11NO/c1-4-7-5(2)6-3/h4H2,1-3H3/p+1. The Bertz CT molecular complexity index is 68.5. The van der Waals surface area contributed by atoms with Gasteiger partial charge < -0.3 is 4.74 Å². The molecule has 0 aromatic rings. The van der Waals surface area contributed by atoms with Gasteiger partial charge in [-0.25, -0.2) is 4.99 Å². The molecule has 0 aliphatic carbocycles. The maximum Gasteiger partial charge on any atom is 0.331 e. The van der Waals surface area contributed by atoms with E-state index in [1.807, 2.05) is 20.9 Å². The van der Waals surface area contributed by atoms with Crippen LogP contribution in [0.4, 0.5) is 0 Å². The molecule has 0 rings (SSSR count). The van der Waals surface area contributed by atoms with Crippen molar-refractivity contribution in [2.45, 2.75) is 13.8 Å². The molecule has 42 valence electrons. The minimum Gasteiger partial charge on any atom is -0.449 e. The molecule has 0 bridgehead atoms. The summed E-state index contributed by atoms with van der Waals surface area (Å²) < 4.78 is 5.00. The van der Waals surface area contributed by atoms with Crippen molar-refractivity contribution in [2.75, 3.05) is 13.7 Å². The van der Waals surface area contributed by atoms with Crippen LogP contribution in [0.2, 0.25) is 0 Å². The largest absolute Gasteiger partial charge is 0.449 e. The summed E-state index contributed by atoms with van der Waals surface area (Å²) >= 11 is 0. The Hall–Kier alpha value is -0.530. The molecule has 2 nitrogen and oxygen atoms in total. The summed E-state index contributed by atoms with van der Waals surface area (Å²) in [5.41, 5.74) is 0. The van der Waals surface area contributed by atoms with Gasteiger partial charge in [-0.3, -0.25) is 0 Å². The topological polar surface area (TPSA) is 23.2 Å². The molecule has 0 aromatic carbocycles. The fourth-order valence-electron chi connectivity index (χ4n) is 0.289. The average Bonchev–Trinajstić information content (AvgIpc) is 1.68. The summed E-state index contributed by atoms with van der Waals surface area (Å²) in [6.45, 7) is 4.59. The van der Waals surface area contributed by atoms with Crippen molar-refractivity contribution < 1.29 is 9.73 Å². The van der Waals surface area contributed by atoms with E-state index in [4.69, 9.17) is 4.74 Å². The number of ether oxygens (including phenoxy) is 1. The van der Waals surface area contributed by atoms with E-state index in [0.29, 0.717) is 0 Å². The minimum absolute atomic E-state index is 0.743. The molecule has 0 atom stereocenters. The molecular weight excluding hydrogens is 90.1 g/mol. The van der Waals surface area contributed by atoms with E-state index in [2.05, 4.69) is 4.99 Å². The van der Waals surface area contributed by atoms with Crippen LogP contribution in [0.15, 0.2) is 0 Å². The monoisotopic (exact) mass is 102 g/mol. The van der Waals surface area contributed by atoms with E-state index in [-0.39, 0.29) is 0 Å². The second kappa shape index (κ2) is 3.65. The molecule has 0 aliphatic rings. The normalized spacial score (nSPS) is 11.6. The van der Waals surface area contributed by atoms with E-state index in [1.165, 1.54) is 0 Å². The Morgan fingerprint density at radius 2 is 2.29 bits per heavy atom. The summed E-state index contributed by atoms with van der Waals surface area (Å²) in [6, 6.07) is 0. The molecule has 2 heteroatoms. The highest BCUT2D eigenvalue weighted by Crippen LogP contribution is 1.66. The lowest BCUT2D eigenvalue weighted by Gasteiger charge is -1.90. The van der Waals surface area contributed by atoms with Crippen molar-refractivity contribution in [3.05, 3.63) is 0 Å². The number of hydrogen-bond acceptors (Lipinski definition) is 1. The first-order valence-electron chi connectivity index (χ1n) is 2.45. The van der Waals surface area contributed by atoms with Gasteiger partial charge in [0.2, 0.25) is 0 Å². The first-order valence-corrected chi connectivity index (χ1v) is 2.45. The van der Waals surface area contributed by atoms with Gasteiger partial charge in [-0.1, -0.05) is 0 Å². The van der Waals surface area contributed by atoms with Crippen LogP contribution in [0.1, 0.15) is 13.8 Å². The zero-order valence-electron chi connectivity index (χ0n) is 5.12. The Kier molecular flexibility index (Phi) is 3.38. The fraction of sp³-hybridized carbons (Fsp3) is 0.800. The minimum atomic E-state index is 0.743. The number of hydrogen-bond donors (Lipinski definition) is 1. The zero-order valence-corrected chi connectivity index (χ0v) is 5.12. The Labute approximate surface area is 44.2 Å². The van der Waals surface area contributed by atoms with Crippen molar-refractivity contribution >= 4 is 5.90 Å². The zero-order chi connectivity index (χ0) is 5.70. The quantitative estimate of drug-likeness (QED) is 0.338. The molecule has 0 aliphatic heterocycles. The van der Waals surface area contributed by atoms with E-state index < -0.39 is 0 Å². The molecule has 7 heavy (non-hydrogen) atoms. The maximum absolute atomic E-state index is 5.00. The van der Waals surface area contributed by atoms with Gasteiger partial charge in [-0.05, 0) is 6.92 Å². The second-order valence-corrected chi connectivity index (χ2v) is 1.24. The van der Waals surface area contributed by atoms with Crippen LogP contribution in [0, 0.1) is 0 Å². The predicted molar refractivity (Wildman–Crippen MR) is 29.2 cm³/mol. The average molecular weight is 102 g/mol. The molecule has 0 unspecified atom stereocenters. The molecule has 0 fully saturated rings. The number of nitrogens with one attached hydrogen (secondary N) is 1. The van der Waals surface area contributed by atoms with E-state index in [0.717, 1.165) is 12.5 Å². The smallest absolute Gasteiger partial charge is 0.331 e. The Morgan fingerprint density at radius 1 is 1.71 bits per heavy atom. The third-order valence-corrected chi connectivity index (χ3v) is 0.713. The molecule has 0 amide bonds. The summed E-state index contributed by atoms with van der Waals surface area (Å²) in [5, 5.41) is 0. The third kappa shape index (κ3) is 3.30. The van der Waals surface area contributed by atoms with Gasteiger partial charge in [0.15, 0.2) is 0 Å². The van der Waals surface area contributed by atoms with Gasteiger partial charge in [0.25, 0.3) is 0 Å². The lowest BCUT2D eigenvalue weighted by Crippen LogP contribution is -2.67. The van der Waals surface area contributed by atoms with Gasteiger partial charge in [-0.15, -0.1) is 0 Å². The van der Waals surface area contributed by atoms with Gasteiger partial charge in [0.05, 0.1) is 13.5 Å². The molecule has 0 radical (unpaired) electrons. The Morgan fingerprint density at radius 3 is 2.43 bits per heavy atom. The molecule has 0 spiro atoms. The highest BCUT2D eigenvalue weighted by atomic mass is 16.5. The van der Waals surface area contributed by atoms with Crippen molar-refractivity contribution in [1.29, 1.82) is 0 Å². The summed E-state index contributed by atoms with van der Waals surface area (Å²) in [7, 11) is 1.84. The van der Waals surface area contributed by atoms with E-state index in [1.54, 1.807) is 0 Å². The molecule has 0 heterocycles. The van der Waals surface area contributed by atoms with Gasteiger partial charge >= 0.3 is 5.90 Å². The van der Waals surface area contributed by atoms with Crippen molar-refractivity contribution in [3.63, 3.8) is 0 Å². The van der Waals surface area contributed by atoms with Crippen LogP contribution in [0.25, 0.3) is 0 Å². The van der Waals surface area contributed by atoms with Crippen LogP contribution >= 0.6 is 0 Å². The second-order valence-electron chi connectivity index (χ2n) is 1.24. The number of rotatable bonds is 1. The first kappa shape index (κ1) is 6.47. The molecular formula is C5H12NO+. The summed E-state index contributed by atoms with van der Waals surface area (Å²) in [6.07, 6.45) is 0. The van der Waals surface area contributed by atoms with Crippen molar-refractivity contribution in [1.82, 2.24) is 0 Å². The van der Waals surface area contributed by atoms with Gasteiger partial charge in [0, 0.05) is 0 Å². The van der Waals surface area contributed by atoms with Crippen molar-refractivity contribution in [3.8, 4) is 0 Å². The highest BCUT2D eigenvalue weighted by molar-refractivity contribution is 5.66. The van der Waals surface area contributed by atoms with E-state index >= 15 is 0 Å². The van der Waals surface area contributed by atoms with Crippen LogP contribution < -0.4 is 4.99 Å². The molecule has 1 N–H and O–H groups in total. The van der Waals surface area contributed by atoms with Crippen molar-refractivity contribution in [2.24, 2.45) is 0 Å². The Balaban J connectivity index is 3.17. The molecule has 0 saturated heterocycles. The van der Waals surface area contributed by atoms with Crippen LogP contribution in [-0.4, -0.2) is 19.6 Å². The highest BCUT2D eigenvalue weighted by Gasteiger charge is 1.87. The van der Waals surface area contributed by atoms with Crippen LogP contribution in [0.3, 0.4) is 0 Å². The summed E-state index contributed by atoms with van der Waals surface area (Å²) in [5.74, 6) is 0.877. The molecule has 0 saturated carbocycles. The fourth-order valence-corrected chi connectivity index (χ4v) is 0.289. The predicted octanol–water partition coefficient (Wildman–Crippen LogP) is -0.848. The van der Waals surface area contributed by atoms with Gasteiger partial charge in [-0.2, -0.15) is 0 Å².